The lowest BCUT2D eigenvalue weighted by atomic mass is 9.69. The number of carbonyl (C=O) groups is 1. The van der Waals surface area contributed by atoms with Crippen LogP contribution in [-0.2, 0) is 21.0 Å². The highest BCUT2D eigenvalue weighted by molar-refractivity contribution is 7.00. The third kappa shape index (κ3) is 15.0. The first-order valence-electron chi connectivity index (χ1n) is 45.8. The molecule has 1 N–H and O–H groups in total. The molecule has 0 aliphatic heterocycles. The van der Waals surface area contributed by atoms with Gasteiger partial charge in [0.05, 0.1) is 17.1 Å². The van der Waals surface area contributed by atoms with Crippen LogP contribution in [-0.4, -0.2) is 19.8 Å². The molecule has 0 saturated heterocycles. The van der Waals surface area contributed by atoms with E-state index in [1.807, 2.05) is 0 Å². The average molecular weight is 1570 g/mol. The summed E-state index contributed by atoms with van der Waals surface area (Å²) in [5.74, 6) is -0.340. The Bertz CT molecular complexity index is 5650. The Kier molecular flexibility index (Phi) is 24.1. The van der Waals surface area contributed by atoms with Crippen LogP contribution in [0.4, 0.5) is 0 Å². The predicted molar refractivity (Wildman–Crippen MR) is 501 cm³/mol. The quantitative estimate of drug-likeness (QED) is 0.0308. The maximum atomic E-state index is 11.1. The van der Waals surface area contributed by atoms with Crippen LogP contribution < -0.4 is 0 Å². The normalized spacial score (nSPS) is 14.7. The Labute approximate surface area is 709 Å². The molecule has 1 atom stereocenters. The van der Waals surface area contributed by atoms with Crippen LogP contribution in [0.5, 0.6) is 0 Å². The standard InChI is InChI=1S/C113H122N2O2S/c1-9-13-17-21-29-35-63-111(64-36-30-22-18-14-10-2)100-70-79(43-54-90(100)91-56-45-81(72-101(91)111)82-46-57-97-96-52-42-78(8)68-106(96)113(107(97)73-82)104-66-76(6)40-50-94(104)95-51-41-77(7)67-105(95)113)80-44-55-92-93-58-48-84(74-103(93)112(102(92)71-80,61-33-19-15-11-3)62-34-20-16-12-4)86-60-59-85(109-110(86)115-118-114-109)83-47-53-89-88-49-39-75(5)65-98(88)87(99(89)69-83)37-31-27-25-23-24-26-28-32-38-108(116)117/h11-12,39-60,65-74,87H,3-4,9-10,13-38,61-64H2,1-2,5-8H3,(H,116,117). The highest BCUT2D eigenvalue weighted by Crippen LogP contribution is 2.65. The lowest BCUT2D eigenvalue weighted by Gasteiger charge is -2.34. The zero-order valence-corrected chi connectivity index (χ0v) is 72.2. The molecule has 5 heteroatoms. The third-order valence-corrected chi connectivity index (χ3v) is 29.1. The monoisotopic (exact) mass is 1570 g/mol. The van der Waals surface area contributed by atoms with Gasteiger partial charge in [-0.1, -0.05) is 341 Å². The topological polar surface area (TPSA) is 63.1 Å². The lowest BCUT2D eigenvalue weighted by molar-refractivity contribution is -0.137. The molecule has 118 heavy (non-hydrogen) atoms. The van der Waals surface area contributed by atoms with Crippen molar-refractivity contribution in [3.05, 3.63) is 297 Å². The van der Waals surface area contributed by atoms with Gasteiger partial charge in [0.1, 0.15) is 11.0 Å². The number of nitrogens with zero attached hydrogens (tertiary/aromatic N) is 2. The minimum absolute atomic E-state index is 0.151. The van der Waals surface area contributed by atoms with Gasteiger partial charge in [0.15, 0.2) is 0 Å². The van der Waals surface area contributed by atoms with Gasteiger partial charge in [0.25, 0.3) is 0 Å². The molecule has 0 amide bonds. The van der Waals surface area contributed by atoms with Crippen molar-refractivity contribution in [1.82, 2.24) is 8.75 Å². The van der Waals surface area contributed by atoms with Gasteiger partial charge in [0.2, 0.25) is 0 Å². The molecule has 0 radical (unpaired) electrons. The summed E-state index contributed by atoms with van der Waals surface area (Å²) in [6, 6.07) is 79.0. The predicted octanol–water partition coefficient (Wildman–Crippen LogP) is 32.6. The molecular formula is C113H122N2O2S. The van der Waals surface area contributed by atoms with Crippen molar-refractivity contribution in [2.75, 3.05) is 0 Å². The second-order valence-electron chi connectivity index (χ2n) is 36.3. The van der Waals surface area contributed by atoms with Crippen LogP contribution in [0, 0.1) is 27.7 Å². The number of aliphatic carboxylic acids is 1. The first-order chi connectivity index (χ1) is 57.8. The number of carboxylic acid groups (broad SMARTS) is 1. The fourth-order valence-corrected chi connectivity index (χ4v) is 23.2. The van der Waals surface area contributed by atoms with E-state index in [0.29, 0.717) is 5.92 Å². The Morgan fingerprint density at radius 3 is 1.04 bits per heavy atom. The molecule has 1 unspecified atom stereocenters. The van der Waals surface area contributed by atoms with Crippen molar-refractivity contribution in [2.45, 2.75) is 269 Å². The first kappa shape index (κ1) is 80.6. The second-order valence-corrected chi connectivity index (χ2v) is 36.8. The summed E-state index contributed by atoms with van der Waals surface area (Å²) >= 11 is 1.34. The van der Waals surface area contributed by atoms with Crippen LogP contribution in [0.3, 0.4) is 0 Å². The number of rotatable bonds is 39. The summed E-state index contributed by atoms with van der Waals surface area (Å²) in [7, 11) is 0. The maximum Gasteiger partial charge on any atom is 0.303 e. The van der Waals surface area contributed by atoms with Gasteiger partial charge in [-0.25, -0.2) is 0 Å². The van der Waals surface area contributed by atoms with Crippen molar-refractivity contribution in [3.8, 4) is 100 Å². The minimum atomic E-state index is -0.683. The fraction of sp³-hybridized carbons (Fsp3) is 0.372. The van der Waals surface area contributed by atoms with E-state index in [1.54, 1.807) is 11.1 Å². The van der Waals surface area contributed by atoms with Crippen LogP contribution in [0.25, 0.3) is 111 Å². The van der Waals surface area contributed by atoms with Crippen LogP contribution in [0.15, 0.2) is 219 Å². The number of allylic oxidation sites excluding steroid dienone is 2. The van der Waals surface area contributed by atoms with Gasteiger partial charge in [-0.05, 0) is 273 Å². The molecule has 1 aromatic heterocycles. The van der Waals surface area contributed by atoms with E-state index < -0.39 is 11.4 Å². The number of hydrogen-bond acceptors (Lipinski definition) is 4. The van der Waals surface area contributed by atoms with Gasteiger partial charge < -0.3 is 5.11 Å². The molecule has 5 aliphatic rings. The van der Waals surface area contributed by atoms with Crippen LogP contribution >= 0.6 is 11.7 Å². The Hall–Kier alpha value is -9.81. The molecule has 602 valence electrons. The summed E-state index contributed by atoms with van der Waals surface area (Å²) in [5, 5.41) is 9.09. The molecular weight excluding hydrogens is 1450 g/mol. The third-order valence-electron chi connectivity index (χ3n) is 28.5. The zero-order valence-electron chi connectivity index (χ0n) is 71.4. The number of aromatic nitrogens is 2. The molecule has 12 aromatic rings. The Balaban J connectivity index is 0.734. The minimum Gasteiger partial charge on any atom is -0.481 e. The number of hydrogen-bond donors (Lipinski definition) is 1. The molecule has 0 saturated carbocycles. The summed E-state index contributed by atoms with van der Waals surface area (Å²) in [6.45, 7) is 22.2. The first-order valence-corrected chi connectivity index (χ1v) is 46.6. The van der Waals surface area contributed by atoms with Crippen LogP contribution in [0.2, 0.25) is 0 Å². The van der Waals surface area contributed by atoms with Crippen LogP contribution in [0.1, 0.15) is 303 Å². The maximum absolute atomic E-state index is 11.1. The molecule has 5 aliphatic carbocycles. The summed E-state index contributed by atoms with van der Waals surface area (Å²) in [4.78, 5) is 11.1. The molecule has 11 aromatic carbocycles. The molecule has 4 nitrogen and oxygen atoms in total. The fourth-order valence-electron chi connectivity index (χ4n) is 22.6. The van der Waals surface area contributed by atoms with Gasteiger partial charge >= 0.3 is 5.97 Å². The zero-order chi connectivity index (χ0) is 81.1. The van der Waals surface area contributed by atoms with E-state index >= 15 is 0 Å². The second kappa shape index (κ2) is 35.2. The highest BCUT2D eigenvalue weighted by atomic mass is 32.1. The van der Waals surface area contributed by atoms with E-state index in [0.717, 1.165) is 112 Å². The number of aryl methyl sites for hydroxylation is 4. The van der Waals surface area contributed by atoms with E-state index in [4.69, 9.17) is 13.9 Å². The number of benzene rings is 11. The SMILES string of the molecule is C=CCCCCC1(CCCCC=C)c2cc(-c3ccc4c(c3)C(CCCCCCCC)(CCCCCCCC)c3cc(-c5ccc6c(c5)C5(c7cc(C)ccc7-c7ccc(C)cc75)c5cc(C)ccc5-6)ccc3-4)ccc2-c2ccc(-c3ccc(-c4ccc5c(c4)C(CCCCCCCCCCC(=O)O)c4cc(C)ccc4-5)c4nsnc34)cc21. The highest BCUT2D eigenvalue weighted by Gasteiger charge is 2.53. The Morgan fingerprint density at radius 2 is 0.627 bits per heavy atom. The summed E-state index contributed by atoms with van der Waals surface area (Å²) < 4.78 is 10.4. The van der Waals surface area contributed by atoms with Crippen molar-refractivity contribution in [2.24, 2.45) is 0 Å². The van der Waals surface area contributed by atoms with Crippen molar-refractivity contribution in [3.63, 3.8) is 0 Å². The van der Waals surface area contributed by atoms with Crippen molar-refractivity contribution in [1.29, 1.82) is 0 Å². The smallest absolute Gasteiger partial charge is 0.303 e. The van der Waals surface area contributed by atoms with E-state index in [1.165, 1.54) is 277 Å². The largest absolute Gasteiger partial charge is 0.481 e. The van der Waals surface area contributed by atoms with Crippen molar-refractivity contribution >= 4 is 28.7 Å². The molecule has 0 bridgehead atoms. The number of fused-ring (bicyclic) bond motifs is 20. The molecule has 1 heterocycles. The van der Waals surface area contributed by atoms with Gasteiger partial charge in [-0.2, -0.15) is 8.75 Å². The average Bonchev–Trinajstić information content (AvgIpc) is 1.50. The van der Waals surface area contributed by atoms with Crippen molar-refractivity contribution < 1.29 is 9.90 Å². The van der Waals surface area contributed by atoms with E-state index in [-0.39, 0.29) is 17.3 Å². The summed E-state index contributed by atoms with van der Waals surface area (Å²) in [6.07, 6.45) is 40.8. The van der Waals surface area contributed by atoms with Gasteiger partial charge in [-0.15, -0.1) is 13.2 Å². The molecule has 1 spiro atoms. The summed E-state index contributed by atoms with van der Waals surface area (Å²) in [5.41, 5.74) is 44.7. The van der Waals surface area contributed by atoms with E-state index in [2.05, 4.69) is 261 Å². The number of unbranched alkanes of at least 4 members (excludes halogenated alkanes) is 21. The Morgan fingerprint density at radius 1 is 0.331 bits per heavy atom. The van der Waals surface area contributed by atoms with Gasteiger partial charge in [0, 0.05) is 34.3 Å². The molecule has 0 fully saturated rings. The van der Waals surface area contributed by atoms with Gasteiger partial charge in [-0.3, -0.25) is 4.79 Å². The molecule has 17 rings (SSSR count). The lowest BCUT2D eigenvalue weighted by Crippen LogP contribution is -2.26. The number of carboxylic acids is 1. The van der Waals surface area contributed by atoms with E-state index in [9.17, 15) is 4.79 Å².